The van der Waals surface area contributed by atoms with E-state index in [0.29, 0.717) is 24.3 Å². The third-order valence-corrected chi connectivity index (χ3v) is 6.31. The molecule has 38 heavy (non-hydrogen) atoms. The van der Waals surface area contributed by atoms with Crippen molar-refractivity contribution in [3.8, 4) is 5.69 Å². The third-order valence-electron chi connectivity index (χ3n) is 6.31. The fraction of sp³-hybridized carbons (Fsp3) is 0.308. The Labute approximate surface area is 216 Å². The number of carbonyl (C=O) groups is 2. The number of hydrogen-bond acceptors (Lipinski definition) is 6. The Hall–Kier alpha value is -4.19. The molecular formula is C26H27F3N6O3. The maximum Gasteiger partial charge on any atom is 0.416 e. The van der Waals surface area contributed by atoms with Crippen molar-refractivity contribution in [2.24, 2.45) is 0 Å². The predicted octanol–water partition coefficient (Wildman–Crippen LogP) is 2.71. The van der Waals surface area contributed by atoms with Crippen molar-refractivity contribution in [1.29, 1.82) is 0 Å². The van der Waals surface area contributed by atoms with Gasteiger partial charge < -0.3 is 20.9 Å². The summed E-state index contributed by atoms with van der Waals surface area (Å²) in [5.41, 5.74) is 4.80. The van der Waals surface area contributed by atoms with Crippen LogP contribution in [0.25, 0.3) is 5.69 Å². The number of nitrogens with one attached hydrogen (secondary N) is 1. The van der Waals surface area contributed by atoms with E-state index >= 15 is 0 Å². The summed E-state index contributed by atoms with van der Waals surface area (Å²) in [7, 11) is 1.99. The minimum Gasteiger partial charge on any atom is -0.399 e. The number of likely N-dealkylation sites (N-methyl/N-ethyl adjacent to an activating group) is 1. The number of nitrogens with zero attached hydrogens (tertiary/aromatic N) is 4. The second-order valence-electron chi connectivity index (χ2n) is 9.20. The second kappa shape index (κ2) is 10.7. The van der Waals surface area contributed by atoms with Crippen LogP contribution in [0.1, 0.15) is 44.9 Å². The summed E-state index contributed by atoms with van der Waals surface area (Å²) in [5, 5.41) is 6.73. The van der Waals surface area contributed by atoms with Gasteiger partial charge in [-0.05, 0) is 62.0 Å². The van der Waals surface area contributed by atoms with Crippen LogP contribution in [0.3, 0.4) is 0 Å². The van der Waals surface area contributed by atoms with Crippen molar-refractivity contribution >= 4 is 17.5 Å². The van der Waals surface area contributed by atoms with Crippen LogP contribution in [0, 0.1) is 0 Å². The van der Waals surface area contributed by atoms with Gasteiger partial charge in [0.2, 0.25) is 0 Å². The first-order valence-corrected chi connectivity index (χ1v) is 11.9. The molecule has 1 aromatic heterocycles. The number of nitrogen functional groups attached to an aromatic ring is 1. The van der Waals surface area contributed by atoms with Gasteiger partial charge in [0.05, 0.1) is 17.3 Å². The van der Waals surface area contributed by atoms with Gasteiger partial charge >= 0.3 is 6.18 Å². The van der Waals surface area contributed by atoms with E-state index in [9.17, 15) is 27.6 Å². The number of aromatic nitrogens is 2. The van der Waals surface area contributed by atoms with Crippen molar-refractivity contribution in [2.75, 3.05) is 39.0 Å². The summed E-state index contributed by atoms with van der Waals surface area (Å²) < 4.78 is 40.5. The van der Waals surface area contributed by atoms with E-state index in [2.05, 4.69) is 15.3 Å². The topological polar surface area (TPSA) is 114 Å². The van der Waals surface area contributed by atoms with Gasteiger partial charge in [0.25, 0.3) is 17.4 Å². The lowest BCUT2D eigenvalue weighted by Crippen LogP contribution is -2.47. The number of amides is 2. The van der Waals surface area contributed by atoms with Crippen LogP contribution in [-0.4, -0.2) is 64.6 Å². The zero-order valence-electron chi connectivity index (χ0n) is 20.8. The molecule has 0 saturated carbocycles. The Bertz CT molecular complexity index is 1410. The average molecular weight is 529 g/mol. The van der Waals surface area contributed by atoms with Gasteiger partial charge in [0, 0.05) is 43.5 Å². The minimum atomic E-state index is -4.59. The molecule has 3 aromatic rings. The molecule has 1 aliphatic rings. The van der Waals surface area contributed by atoms with Gasteiger partial charge in [-0.1, -0.05) is 6.07 Å². The van der Waals surface area contributed by atoms with Crippen molar-refractivity contribution < 1.29 is 22.8 Å². The lowest BCUT2D eigenvalue weighted by atomic mass is 10.0. The summed E-state index contributed by atoms with van der Waals surface area (Å²) in [5.74, 6) is -0.872. The van der Waals surface area contributed by atoms with Crippen molar-refractivity contribution in [3.63, 3.8) is 0 Å². The molecule has 0 aliphatic carbocycles. The number of anilines is 1. The molecule has 3 N–H and O–H groups in total. The van der Waals surface area contributed by atoms with Crippen molar-refractivity contribution in [2.45, 2.75) is 19.1 Å². The van der Waals surface area contributed by atoms with E-state index in [1.807, 2.05) is 7.05 Å². The van der Waals surface area contributed by atoms with Crippen LogP contribution in [0.5, 0.6) is 0 Å². The molecule has 1 aliphatic heterocycles. The summed E-state index contributed by atoms with van der Waals surface area (Å²) in [6, 6.07) is 11.0. The zero-order valence-corrected chi connectivity index (χ0v) is 20.8. The highest BCUT2D eigenvalue weighted by Gasteiger charge is 2.31. The number of benzene rings is 2. The van der Waals surface area contributed by atoms with Gasteiger partial charge in [-0.25, -0.2) is 0 Å². The first-order valence-electron chi connectivity index (χ1n) is 11.9. The molecule has 12 heteroatoms. The molecule has 0 spiro atoms. The van der Waals surface area contributed by atoms with Crippen molar-refractivity contribution in [1.82, 2.24) is 24.9 Å². The second-order valence-corrected chi connectivity index (χ2v) is 9.20. The Morgan fingerprint density at radius 2 is 1.74 bits per heavy atom. The number of rotatable bonds is 5. The fourth-order valence-electron chi connectivity index (χ4n) is 4.12. The Balaban J connectivity index is 1.55. The highest BCUT2D eigenvalue weighted by molar-refractivity contribution is 5.95. The van der Waals surface area contributed by atoms with E-state index < -0.39 is 29.2 Å². The molecule has 0 radical (unpaired) electrons. The molecule has 0 unspecified atom stereocenters. The van der Waals surface area contributed by atoms with Crippen LogP contribution in [-0.2, 0) is 6.18 Å². The van der Waals surface area contributed by atoms with Gasteiger partial charge in [0.1, 0.15) is 5.69 Å². The van der Waals surface area contributed by atoms with Crippen LogP contribution in [0.15, 0.2) is 59.4 Å². The first kappa shape index (κ1) is 26.9. The molecule has 2 aromatic carbocycles. The minimum absolute atomic E-state index is 0.0893. The first-order chi connectivity index (χ1) is 17.9. The van der Waals surface area contributed by atoms with E-state index in [1.165, 1.54) is 25.1 Å². The molecule has 0 bridgehead atoms. The summed E-state index contributed by atoms with van der Waals surface area (Å²) in [6.07, 6.45) is -4.59. The molecule has 2 heterocycles. The number of halogens is 3. The van der Waals surface area contributed by atoms with Crippen LogP contribution in [0.2, 0.25) is 0 Å². The largest absolute Gasteiger partial charge is 0.416 e. The maximum absolute atomic E-state index is 13.2. The summed E-state index contributed by atoms with van der Waals surface area (Å²) in [4.78, 5) is 42.3. The van der Waals surface area contributed by atoms with Gasteiger partial charge in [-0.2, -0.15) is 23.0 Å². The molecule has 1 saturated heterocycles. The Morgan fingerprint density at radius 1 is 1.03 bits per heavy atom. The number of carbonyl (C=O) groups excluding carboxylic acids is 2. The molecule has 9 nitrogen and oxygen atoms in total. The number of nitrogens with two attached hydrogens (primary N) is 1. The van der Waals surface area contributed by atoms with E-state index in [1.54, 1.807) is 23.1 Å². The van der Waals surface area contributed by atoms with E-state index in [4.69, 9.17) is 5.73 Å². The Morgan fingerprint density at radius 3 is 2.42 bits per heavy atom. The van der Waals surface area contributed by atoms with E-state index in [-0.39, 0.29) is 22.9 Å². The normalized spacial score (nSPS) is 15.2. The number of piperazine rings is 1. The molecule has 1 atom stereocenters. The summed E-state index contributed by atoms with van der Waals surface area (Å²) >= 11 is 0. The molecule has 2 amide bonds. The monoisotopic (exact) mass is 528 g/mol. The smallest absolute Gasteiger partial charge is 0.399 e. The van der Waals surface area contributed by atoms with Crippen LogP contribution >= 0.6 is 0 Å². The fourth-order valence-corrected chi connectivity index (χ4v) is 4.12. The van der Waals surface area contributed by atoms with Gasteiger partial charge in [0.15, 0.2) is 0 Å². The lowest BCUT2D eigenvalue weighted by molar-refractivity contribution is -0.137. The summed E-state index contributed by atoms with van der Waals surface area (Å²) in [6.45, 7) is 4.20. The lowest BCUT2D eigenvalue weighted by Gasteiger charge is -2.32. The average Bonchev–Trinajstić information content (AvgIpc) is 2.88. The standard InChI is InChI=1S/C26H27F3N6O3/c1-16(18-12-19(26(27,28)29)15-20(30)13-18)31-24(37)22-6-7-23(36)35(32-22)21-5-3-4-17(14-21)25(38)34-10-8-33(2)9-11-34/h3-7,12-16H,8-11,30H2,1-2H3,(H,31,37)/t16-/m1/s1. The van der Waals surface area contributed by atoms with Gasteiger partial charge in [-0.15, -0.1) is 0 Å². The molecule has 1 fully saturated rings. The SMILES string of the molecule is C[C@@H](NC(=O)c1ccc(=O)n(-c2cccc(C(=O)N3CCN(C)CC3)c2)n1)c1cc(N)cc(C(F)(F)F)c1. The van der Waals surface area contributed by atoms with Crippen LogP contribution in [0.4, 0.5) is 18.9 Å². The molecule has 200 valence electrons. The van der Waals surface area contributed by atoms with Crippen molar-refractivity contribution in [3.05, 3.63) is 87.3 Å². The molecular weight excluding hydrogens is 501 g/mol. The Kier molecular flexibility index (Phi) is 7.53. The molecule has 4 rings (SSSR count). The zero-order chi connectivity index (χ0) is 27.6. The third kappa shape index (κ3) is 6.02. The quantitative estimate of drug-likeness (QED) is 0.493. The number of alkyl halides is 3. The maximum atomic E-state index is 13.2. The predicted molar refractivity (Wildman–Crippen MR) is 135 cm³/mol. The number of hydrogen-bond donors (Lipinski definition) is 2. The highest BCUT2D eigenvalue weighted by atomic mass is 19.4. The van der Waals surface area contributed by atoms with E-state index in [0.717, 1.165) is 36.0 Å². The van der Waals surface area contributed by atoms with Crippen LogP contribution < -0.4 is 16.6 Å². The van der Waals surface area contributed by atoms with Gasteiger partial charge in [-0.3, -0.25) is 14.4 Å². The highest BCUT2D eigenvalue weighted by Crippen LogP contribution is 2.32.